The van der Waals surface area contributed by atoms with Gasteiger partial charge in [0.15, 0.2) is 11.6 Å². The highest BCUT2D eigenvalue weighted by molar-refractivity contribution is 7.47. The summed E-state index contributed by atoms with van der Waals surface area (Å²) in [6, 6.07) is 0. The van der Waals surface area contributed by atoms with Gasteiger partial charge in [0.25, 0.3) is 0 Å². The van der Waals surface area contributed by atoms with Crippen molar-refractivity contribution in [2.24, 2.45) is 0 Å². The molecule has 0 aliphatic carbocycles. The summed E-state index contributed by atoms with van der Waals surface area (Å²) in [5, 5.41) is 21.0. The largest absolute Gasteiger partial charge is 0.474 e. The summed E-state index contributed by atoms with van der Waals surface area (Å²) < 4.78 is 24.9. The van der Waals surface area contributed by atoms with Gasteiger partial charge in [-0.1, -0.05) is 149 Å². The molecule has 0 aliphatic heterocycles. The van der Waals surface area contributed by atoms with E-state index < -0.39 is 43.8 Å². The number of phosphoric ester groups is 1. The second-order valence-electron chi connectivity index (χ2n) is 15.0. The maximum atomic E-state index is 13.8. The second-order valence-corrected chi connectivity index (χ2v) is 16.4. The minimum atomic E-state index is -5.01. The van der Waals surface area contributed by atoms with Crippen LogP contribution in [-0.2, 0) is 23.2 Å². The number of unbranched alkanes of at least 4 members (excludes halogenated alkanes) is 20. The first-order valence-corrected chi connectivity index (χ1v) is 21.2. The van der Waals surface area contributed by atoms with E-state index in [-0.39, 0.29) is 12.8 Å². The average Bonchev–Trinajstić information content (AvgIpc) is 3.03. The summed E-state index contributed by atoms with van der Waals surface area (Å²) in [6.45, 7) is 5.66. The maximum Gasteiger partial charge on any atom is 0.474 e. The highest BCUT2D eigenvalue weighted by atomic mass is 31.2. The Morgan fingerprint density at radius 3 is 1.27 bits per heavy atom. The van der Waals surface area contributed by atoms with E-state index in [9.17, 15) is 29.3 Å². The molecule has 0 aromatic carbocycles. The predicted molar refractivity (Wildman–Crippen MR) is 197 cm³/mol. The molecular weight excluding hydrogens is 629 g/mol. The maximum absolute atomic E-state index is 13.8. The Hall–Kier alpha value is -0.670. The van der Waals surface area contributed by atoms with E-state index in [2.05, 4.69) is 13.8 Å². The van der Waals surface area contributed by atoms with Crippen LogP contribution >= 0.6 is 7.82 Å². The molecule has 2 unspecified atom stereocenters. The molecule has 0 aliphatic rings. The zero-order chi connectivity index (χ0) is 36.3. The lowest BCUT2D eigenvalue weighted by Gasteiger charge is -2.36. The van der Waals surface area contributed by atoms with Crippen molar-refractivity contribution in [1.82, 2.24) is 0 Å². The monoisotopic (exact) mass is 707 g/mol. The lowest BCUT2D eigenvalue weighted by Crippen LogP contribution is -2.58. The van der Waals surface area contributed by atoms with E-state index in [1.54, 1.807) is 0 Å². The molecule has 48 heavy (non-hydrogen) atoms. The van der Waals surface area contributed by atoms with Crippen molar-refractivity contribution in [3.8, 4) is 0 Å². The van der Waals surface area contributed by atoms with Crippen LogP contribution in [0.25, 0.3) is 0 Å². The van der Waals surface area contributed by atoms with Crippen LogP contribution in [0.1, 0.15) is 181 Å². The van der Waals surface area contributed by atoms with Crippen LogP contribution in [0.15, 0.2) is 0 Å². The number of hydrogen-bond donors (Lipinski definition) is 3. The molecule has 3 atom stereocenters. The number of phosphoric acid groups is 1. The Morgan fingerprint density at radius 2 is 0.979 bits per heavy atom. The predicted octanol–water partition coefficient (Wildman–Crippen LogP) is 9.24. The van der Waals surface area contributed by atoms with Crippen LogP contribution in [0, 0.1) is 0 Å². The van der Waals surface area contributed by atoms with Gasteiger partial charge in [-0.25, -0.2) is 4.57 Å². The van der Waals surface area contributed by atoms with Crippen molar-refractivity contribution < 1.29 is 42.8 Å². The summed E-state index contributed by atoms with van der Waals surface area (Å²) in [4.78, 5) is 38.6. The number of ketones is 2. The molecule has 0 rings (SSSR count). The van der Waals surface area contributed by atoms with Gasteiger partial charge in [0, 0.05) is 12.8 Å². The topological polar surface area (TPSA) is 130 Å². The van der Waals surface area contributed by atoms with Gasteiger partial charge in [0.05, 0.1) is 27.7 Å². The van der Waals surface area contributed by atoms with Gasteiger partial charge >= 0.3 is 7.82 Å². The fourth-order valence-electron chi connectivity index (χ4n) is 6.33. The van der Waals surface area contributed by atoms with Crippen LogP contribution in [-0.4, -0.2) is 83.3 Å². The Labute approximate surface area is 295 Å². The molecule has 0 bridgehead atoms. The first-order chi connectivity index (χ1) is 22.8. The van der Waals surface area contributed by atoms with Crippen molar-refractivity contribution in [2.75, 3.05) is 34.3 Å². The third-order valence-corrected chi connectivity index (χ3v) is 10.3. The minimum Gasteiger partial charge on any atom is -0.394 e. The molecule has 0 aromatic rings. The van der Waals surface area contributed by atoms with Gasteiger partial charge in [-0.2, -0.15) is 0 Å². The molecule has 0 spiro atoms. The van der Waals surface area contributed by atoms with Crippen molar-refractivity contribution in [3.63, 3.8) is 0 Å². The van der Waals surface area contributed by atoms with Crippen LogP contribution in [0.2, 0.25) is 0 Å². The second kappa shape index (κ2) is 28.0. The molecule has 0 fully saturated rings. The van der Waals surface area contributed by atoms with E-state index in [1.807, 2.05) is 28.1 Å². The summed E-state index contributed by atoms with van der Waals surface area (Å²) >= 11 is 0. The molecule has 0 aromatic heterocycles. The molecular formula is C38H77NO8P+. The number of carbonyl (C=O) groups is 2. The third kappa shape index (κ3) is 22.2. The van der Waals surface area contributed by atoms with Gasteiger partial charge in [-0.05, 0) is 19.3 Å². The average molecular weight is 707 g/mol. The van der Waals surface area contributed by atoms with E-state index in [1.165, 1.54) is 77.0 Å². The highest BCUT2D eigenvalue weighted by Gasteiger charge is 2.56. The smallest absolute Gasteiger partial charge is 0.394 e. The van der Waals surface area contributed by atoms with Crippen LogP contribution < -0.4 is 0 Å². The Kier molecular flexibility index (Phi) is 27.6. The molecule has 10 heteroatoms. The number of rotatable bonds is 35. The zero-order valence-electron chi connectivity index (χ0n) is 32.0. The van der Waals surface area contributed by atoms with Crippen molar-refractivity contribution in [1.29, 1.82) is 0 Å². The lowest BCUT2D eigenvalue weighted by atomic mass is 9.82. The first kappa shape index (κ1) is 47.3. The molecule has 0 saturated heterocycles. The van der Waals surface area contributed by atoms with Gasteiger partial charge in [-0.3, -0.25) is 18.6 Å². The van der Waals surface area contributed by atoms with Crippen LogP contribution in [0.3, 0.4) is 0 Å². The molecule has 0 heterocycles. The van der Waals surface area contributed by atoms with Gasteiger partial charge < -0.3 is 19.6 Å². The minimum absolute atomic E-state index is 0.103. The lowest BCUT2D eigenvalue weighted by molar-refractivity contribution is -0.873. The van der Waals surface area contributed by atoms with Gasteiger partial charge in [-0.15, -0.1) is 0 Å². The number of aliphatic hydroxyl groups is 2. The first-order valence-electron chi connectivity index (χ1n) is 19.7. The van der Waals surface area contributed by atoms with E-state index >= 15 is 0 Å². The third-order valence-electron chi connectivity index (χ3n) is 9.23. The van der Waals surface area contributed by atoms with Crippen LogP contribution in [0.5, 0.6) is 0 Å². The molecule has 3 N–H and O–H groups in total. The van der Waals surface area contributed by atoms with Crippen molar-refractivity contribution >= 4 is 19.4 Å². The Morgan fingerprint density at radius 1 is 0.646 bits per heavy atom. The number of hydrogen-bond acceptors (Lipinski definition) is 7. The van der Waals surface area contributed by atoms with E-state index in [4.69, 9.17) is 9.05 Å². The number of nitrogens with zero attached hydrogens (tertiary/aromatic N) is 1. The van der Waals surface area contributed by atoms with Gasteiger partial charge in [0.2, 0.25) is 5.60 Å². The van der Waals surface area contributed by atoms with E-state index in [0.717, 1.165) is 51.4 Å². The standard InChI is InChI=1S/C38H76NO8P/c1-7-10-12-14-16-18-20-22-24-26-28-30-35(41)38(37(43)33-40,47-48(44,45)46-34(9-3)32-39(4,5)6)36(42)31-29-27-25-23-21-19-17-15-13-11-8-2/h34,37,40,43H,7-33H2,1-6H3/p+1/t34?,37-/m0/s1. The summed E-state index contributed by atoms with van der Waals surface area (Å²) in [5.74, 6) is -1.55. The fourth-order valence-corrected chi connectivity index (χ4v) is 7.65. The van der Waals surface area contributed by atoms with Crippen LogP contribution in [0.4, 0.5) is 0 Å². The fraction of sp³-hybridized carbons (Fsp3) is 0.947. The molecule has 0 radical (unpaired) electrons. The number of Topliss-reactive ketones (excluding diaryl/α,β-unsaturated/α-hetero) is 2. The molecule has 9 nitrogen and oxygen atoms in total. The number of carbonyl (C=O) groups excluding carboxylic acids is 2. The Bertz CT molecular complexity index is 824. The molecule has 0 amide bonds. The number of quaternary nitrogens is 1. The summed E-state index contributed by atoms with van der Waals surface area (Å²) in [6.07, 6.45) is 21.3. The zero-order valence-corrected chi connectivity index (χ0v) is 32.9. The normalized spacial score (nSPS) is 14.9. The molecule has 286 valence electrons. The van der Waals surface area contributed by atoms with Gasteiger partial charge in [0.1, 0.15) is 18.8 Å². The van der Waals surface area contributed by atoms with Crippen molar-refractivity contribution in [2.45, 2.75) is 199 Å². The highest BCUT2D eigenvalue weighted by Crippen LogP contribution is 2.51. The summed E-state index contributed by atoms with van der Waals surface area (Å²) in [7, 11) is 0.753. The number of likely N-dealkylation sites (N-methyl/N-ethyl adjacent to an activating group) is 1. The summed E-state index contributed by atoms with van der Waals surface area (Å²) in [5.41, 5.74) is -2.66. The Balaban J connectivity index is 5.44. The SMILES string of the molecule is CCCCCCCCCCCCCC(=O)C(OP(=O)(O)OC(CC)C[N+](C)(C)C)(C(=O)CCCCCCCCCCCCC)[C@@H](O)CO. The number of aliphatic hydroxyl groups excluding tert-OH is 2. The quantitative estimate of drug-likeness (QED) is 0.0257. The molecule has 0 saturated carbocycles. The van der Waals surface area contributed by atoms with E-state index in [0.29, 0.717) is 30.3 Å². The van der Waals surface area contributed by atoms with Crippen molar-refractivity contribution in [3.05, 3.63) is 0 Å².